The first-order valence-electron chi connectivity index (χ1n) is 3.87. The van der Waals surface area contributed by atoms with Gasteiger partial charge in [0.05, 0.1) is 6.20 Å². The van der Waals surface area contributed by atoms with Gasteiger partial charge in [-0.3, -0.25) is 4.68 Å². The lowest BCUT2D eigenvalue weighted by Crippen LogP contribution is -1.95. The zero-order chi connectivity index (χ0) is 8.10. The van der Waals surface area contributed by atoms with Crippen LogP contribution in [0.4, 0.5) is 0 Å². The van der Waals surface area contributed by atoms with Gasteiger partial charge in [-0.15, -0.1) is 0 Å². The lowest BCUT2D eigenvalue weighted by molar-refractivity contribution is 0.602. The molecule has 62 valence electrons. The van der Waals surface area contributed by atoms with Crippen LogP contribution in [0.3, 0.4) is 0 Å². The summed E-state index contributed by atoms with van der Waals surface area (Å²) < 4.78 is 2.01. The summed E-state index contributed by atoms with van der Waals surface area (Å²) in [4.78, 5) is 0. The van der Waals surface area contributed by atoms with Crippen molar-refractivity contribution in [2.75, 3.05) is 6.26 Å². The molecule has 0 saturated carbocycles. The van der Waals surface area contributed by atoms with E-state index >= 15 is 0 Å². The van der Waals surface area contributed by atoms with Crippen molar-refractivity contribution in [1.29, 1.82) is 0 Å². The van der Waals surface area contributed by atoms with E-state index in [-0.39, 0.29) is 0 Å². The van der Waals surface area contributed by atoms with Gasteiger partial charge in [-0.1, -0.05) is 6.92 Å². The highest BCUT2D eigenvalue weighted by Gasteiger charge is 1.95. The highest BCUT2D eigenvalue weighted by Crippen LogP contribution is 2.07. The molecule has 0 amide bonds. The molecule has 11 heavy (non-hydrogen) atoms. The van der Waals surface area contributed by atoms with Crippen molar-refractivity contribution in [3.8, 4) is 0 Å². The topological polar surface area (TPSA) is 17.8 Å². The number of hydrogen-bond donors (Lipinski definition) is 0. The van der Waals surface area contributed by atoms with Crippen LogP contribution in [0.5, 0.6) is 0 Å². The van der Waals surface area contributed by atoms with E-state index < -0.39 is 0 Å². The number of hydrogen-bond acceptors (Lipinski definition) is 2. The molecule has 1 heterocycles. The largest absolute Gasteiger partial charge is 0.272 e. The van der Waals surface area contributed by atoms with Crippen LogP contribution >= 0.6 is 11.8 Å². The van der Waals surface area contributed by atoms with Gasteiger partial charge in [0.2, 0.25) is 0 Å². The minimum Gasteiger partial charge on any atom is -0.272 e. The summed E-state index contributed by atoms with van der Waals surface area (Å²) in [5, 5.41) is 4.23. The van der Waals surface area contributed by atoms with Gasteiger partial charge in [-0.05, 0) is 18.2 Å². The molecule has 0 aromatic carbocycles. The highest BCUT2D eigenvalue weighted by molar-refractivity contribution is 7.97. The molecule has 0 spiro atoms. The molecule has 0 aliphatic heterocycles. The number of thioether (sulfide) groups is 1. The molecule has 3 heteroatoms. The molecule has 2 nitrogen and oxygen atoms in total. The van der Waals surface area contributed by atoms with Crippen molar-refractivity contribution in [2.24, 2.45) is 0 Å². The standard InChI is InChI=1S/C8H14N2S/c1-3-4-10-6-8(5-9-10)7-11-2/h5-6H,3-4,7H2,1-2H3. The Kier molecular flexibility index (Phi) is 3.49. The third-order valence-electron chi connectivity index (χ3n) is 1.45. The zero-order valence-corrected chi connectivity index (χ0v) is 7.90. The lowest BCUT2D eigenvalue weighted by atomic mass is 10.4. The zero-order valence-electron chi connectivity index (χ0n) is 7.08. The summed E-state index contributed by atoms with van der Waals surface area (Å²) in [5.41, 5.74) is 1.32. The monoisotopic (exact) mass is 170 g/mol. The fourth-order valence-corrected chi connectivity index (χ4v) is 1.48. The van der Waals surface area contributed by atoms with Crippen molar-refractivity contribution in [3.63, 3.8) is 0 Å². The SMILES string of the molecule is CCCn1cc(CSC)cn1. The van der Waals surface area contributed by atoms with E-state index in [1.807, 2.05) is 22.6 Å². The maximum absolute atomic E-state index is 4.23. The molecule has 0 aliphatic rings. The third-order valence-corrected chi connectivity index (χ3v) is 2.07. The summed E-state index contributed by atoms with van der Waals surface area (Å²) in [6.07, 6.45) is 7.34. The van der Waals surface area contributed by atoms with Crippen LogP contribution in [0.15, 0.2) is 12.4 Å². The molecule has 0 N–H and O–H groups in total. The number of aryl methyl sites for hydroxylation is 1. The van der Waals surface area contributed by atoms with E-state index in [1.165, 1.54) is 5.56 Å². The minimum absolute atomic E-state index is 1.04. The van der Waals surface area contributed by atoms with E-state index in [0.29, 0.717) is 0 Å². The summed E-state index contributed by atoms with van der Waals surface area (Å²) in [5.74, 6) is 1.07. The van der Waals surface area contributed by atoms with E-state index in [2.05, 4.69) is 24.5 Å². The summed E-state index contributed by atoms with van der Waals surface area (Å²) in [6.45, 7) is 3.20. The Morgan fingerprint density at radius 2 is 2.45 bits per heavy atom. The molecule has 0 atom stereocenters. The Morgan fingerprint density at radius 1 is 1.64 bits per heavy atom. The van der Waals surface area contributed by atoms with E-state index in [4.69, 9.17) is 0 Å². The van der Waals surface area contributed by atoms with Gasteiger partial charge in [0.15, 0.2) is 0 Å². The summed E-state index contributed by atoms with van der Waals surface area (Å²) in [6, 6.07) is 0. The van der Waals surface area contributed by atoms with Gasteiger partial charge in [0, 0.05) is 18.5 Å². The first kappa shape index (κ1) is 8.65. The molecular formula is C8H14N2S. The van der Waals surface area contributed by atoms with Crippen LogP contribution in [0, 0.1) is 0 Å². The molecule has 0 saturated heterocycles. The predicted molar refractivity (Wildman–Crippen MR) is 49.7 cm³/mol. The van der Waals surface area contributed by atoms with Gasteiger partial charge in [0.1, 0.15) is 0 Å². The Balaban J connectivity index is 2.51. The Labute approximate surface area is 72.0 Å². The Bertz CT molecular complexity index is 187. The second kappa shape index (κ2) is 4.44. The van der Waals surface area contributed by atoms with E-state index in [9.17, 15) is 0 Å². The van der Waals surface area contributed by atoms with Gasteiger partial charge < -0.3 is 0 Å². The predicted octanol–water partition coefficient (Wildman–Crippen LogP) is 2.16. The fraction of sp³-hybridized carbons (Fsp3) is 0.625. The molecule has 1 aromatic heterocycles. The first-order chi connectivity index (χ1) is 5.36. The number of nitrogens with zero attached hydrogens (tertiary/aromatic N) is 2. The molecule has 0 radical (unpaired) electrons. The maximum Gasteiger partial charge on any atom is 0.0530 e. The first-order valence-corrected chi connectivity index (χ1v) is 5.26. The van der Waals surface area contributed by atoms with Crippen LogP contribution in [-0.4, -0.2) is 16.0 Å². The van der Waals surface area contributed by atoms with E-state index in [1.54, 1.807) is 0 Å². The molecular weight excluding hydrogens is 156 g/mol. The van der Waals surface area contributed by atoms with Crippen molar-refractivity contribution < 1.29 is 0 Å². The summed E-state index contributed by atoms with van der Waals surface area (Å²) in [7, 11) is 0. The van der Waals surface area contributed by atoms with E-state index in [0.717, 1.165) is 18.7 Å². The average molecular weight is 170 g/mol. The van der Waals surface area contributed by atoms with Crippen molar-refractivity contribution >= 4 is 11.8 Å². The highest BCUT2D eigenvalue weighted by atomic mass is 32.2. The quantitative estimate of drug-likeness (QED) is 0.689. The molecule has 0 unspecified atom stereocenters. The van der Waals surface area contributed by atoms with Crippen LogP contribution in [-0.2, 0) is 12.3 Å². The van der Waals surface area contributed by atoms with Gasteiger partial charge in [-0.25, -0.2) is 0 Å². The van der Waals surface area contributed by atoms with Gasteiger partial charge >= 0.3 is 0 Å². The molecule has 1 aromatic rings. The molecule has 0 aliphatic carbocycles. The fourth-order valence-electron chi connectivity index (χ4n) is 0.999. The number of rotatable bonds is 4. The summed E-state index contributed by atoms with van der Waals surface area (Å²) >= 11 is 1.83. The van der Waals surface area contributed by atoms with Gasteiger partial charge in [-0.2, -0.15) is 16.9 Å². The Morgan fingerprint density at radius 3 is 3.09 bits per heavy atom. The molecule has 0 fully saturated rings. The van der Waals surface area contributed by atoms with Crippen LogP contribution in [0.25, 0.3) is 0 Å². The van der Waals surface area contributed by atoms with Crippen molar-refractivity contribution in [2.45, 2.75) is 25.6 Å². The van der Waals surface area contributed by atoms with Crippen LogP contribution in [0.2, 0.25) is 0 Å². The second-order valence-corrected chi connectivity index (χ2v) is 3.41. The van der Waals surface area contributed by atoms with Crippen molar-refractivity contribution in [3.05, 3.63) is 18.0 Å². The van der Waals surface area contributed by atoms with Crippen LogP contribution in [0.1, 0.15) is 18.9 Å². The van der Waals surface area contributed by atoms with Crippen LogP contribution < -0.4 is 0 Å². The lowest BCUT2D eigenvalue weighted by Gasteiger charge is -1.94. The minimum atomic E-state index is 1.04. The second-order valence-electron chi connectivity index (χ2n) is 2.54. The smallest absolute Gasteiger partial charge is 0.0530 e. The maximum atomic E-state index is 4.23. The normalized spacial score (nSPS) is 10.4. The Hall–Kier alpha value is -0.440. The van der Waals surface area contributed by atoms with Gasteiger partial charge in [0.25, 0.3) is 0 Å². The molecule has 1 rings (SSSR count). The van der Waals surface area contributed by atoms with Crippen molar-refractivity contribution in [1.82, 2.24) is 9.78 Å². The third kappa shape index (κ3) is 2.58. The number of aromatic nitrogens is 2. The molecule has 0 bridgehead atoms. The average Bonchev–Trinajstić information content (AvgIpc) is 2.38.